The fourth-order valence-corrected chi connectivity index (χ4v) is 2.29. The number of primary sulfonamides is 1. The van der Waals surface area contributed by atoms with Gasteiger partial charge in [-0.1, -0.05) is 12.1 Å². The molecule has 0 saturated carbocycles. The van der Waals surface area contributed by atoms with E-state index in [4.69, 9.17) is 20.3 Å². The van der Waals surface area contributed by atoms with Crippen LogP contribution in [-0.2, 0) is 21.5 Å². The summed E-state index contributed by atoms with van der Waals surface area (Å²) in [6.07, 6.45) is 0. The molecule has 9 nitrogen and oxygen atoms in total. The summed E-state index contributed by atoms with van der Waals surface area (Å²) in [6, 6.07) is 11.2. The molecule has 0 aliphatic heterocycles. The van der Waals surface area contributed by atoms with Crippen molar-refractivity contribution in [3.63, 3.8) is 0 Å². The molecule has 0 aliphatic carbocycles. The molecule has 0 atom stereocenters. The highest BCUT2D eigenvalue weighted by Crippen LogP contribution is 2.17. The maximum absolute atomic E-state index is 12.0. The lowest BCUT2D eigenvalue weighted by Crippen LogP contribution is -2.14. The van der Waals surface area contributed by atoms with Gasteiger partial charge in [0.1, 0.15) is 5.75 Å². The molecule has 0 radical (unpaired) electrons. The van der Waals surface area contributed by atoms with E-state index in [0.29, 0.717) is 5.56 Å². The van der Waals surface area contributed by atoms with Gasteiger partial charge in [-0.3, -0.25) is 10.4 Å². The van der Waals surface area contributed by atoms with Crippen LogP contribution in [0.4, 0.5) is 0 Å². The minimum Gasteiger partial charge on any atom is -0.423 e. The average Bonchev–Trinajstić information content (AvgIpc) is 2.52. The van der Waals surface area contributed by atoms with E-state index in [0.717, 1.165) is 0 Å². The van der Waals surface area contributed by atoms with Crippen molar-refractivity contribution in [2.75, 3.05) is 0 Å². The zero-order chi connectivity index (χ0) is 17.7. The summed E-state index contributed by atoms with van der Waals surface area (Å²) < 4.78 is 27.5. The molecule has 0 bridgehead atoms. The molecular formula is C14H14N2O7S. The average molecular weight is 354 g/mol. The Kier molecular flexibility index (Phi) is 5.62. The fraction of sp³-hybridized carbons (Fsp3) is 0.0714. The Balaban J connectivity index is 2.08. The van der Waals surface area contributed by atoms with Crippen LogP contribution < -0.4 is 9.88 Å². The van der Waals surface area contributed by atoms with Crippen molar-refractivity contribution in [2.45, 2.75) is 11.5 Å². The van der Waals surface area contributed by atoms with Crippen LogP contribution >= 0.6 is 0 Å². The third-order valence-corrected chi connectivity index (χ3v) is 3.80. The van der Waals surface area contributed by atoms with E-state index in [-0.39, 0.29) is 22.8 Å². The first-order valence-corrected chi connectivity index (χ1v) is 8.05. The number of hydrogen-bond donors (Lipinski definition) is 3. The van der Waals surface area contributed by atoms with Crippen molar-refractivity contribution >= 4 is 16.0 Å². The van der Waals surface area contributed by atoms with Crippen LogP contribution in [0.1, 0.15) is 15.9 Å². The summed E-state index contributed by atoms with van der Waals surface area (Å²) in [7, 11) is -3.83. The van der Waals surface area contributed by atoms with Gasteiger partial charge in [0.05, 0.1) is 22.5 Å². The summed E-state index contributed by atoms with van der Waals surface area (Å²) >= 11 is 0. The van der Waals surface area contributed by atoms with E-state index in [1.165, 1.54) is 36.4 Å². The predicted molar refractivity (Wildman–Crippen MR) is 79.4 cm³/mol. The molecule has 2 aromatic rings. The van der Waals surface area contributed by atoms with E-state index < -0.39 is 21.4 Å². The monoisotopic (exact) mass is 354 g/mol. The van der Waals surface area contributed by atoms with Crippen LogP contribution in [0.15, 0.2) is 53.4 Å². The molecule has 2 rings (SSSR count). The Morgan fingerprint density at radius 2 is 1.79 bits per heavy atom. The molecule has 2 aromatic carbocycles. The van der Waals surface area contributed by atoms with Gasteiger partial charge in [0.2, 0.25) is 10.0 Å². The van der Waals surface area contributed by atoms with Crippen molar-refractivity contribution in [1.29, 1.82) is 0 Å². The second kappa shape index (κ2) is 7.49. The van der Waals surface area contributed by atoms with Crippen molar-refractivity contribution in [3.8, 4) is 5.75 Å². The van der Waals surface area contributed by atoms with Gasteiger partial charge in [-0.2, -0.15) is 0 Å². The summed E-state index contributed by atoms with van der Waals surface area (Å²) in [5.41, 5.74) is 0.666. The van der Waals surface area contributed by atoms with Crippen molar-refractivity contribution < 1.29 is 33.2 Å². The zero-order valence-corrected chi connectivity index (χ0v) is 13.0. The second-order valence-corrected chi connectivity index (χ2v) is 6.19. The minimum atomic E-state index is -3.83. The topological polar surface area (TPSA) is 139 Å². The highest BCUT2D eigenvalue weighted by atomic mass is 32.2. The number of carbonyl (C=O) groups excluding carboxylic acids is 1. The summed E-state index contributed by atoms with van der Waals surface area (Å²) in [6.45, 7) is -0.151. The maximum atomic E-state index is 12.0. The zero-order valence-electron chi connectivity index (χ0n) is 12.2. The molecular weight excluding hydrogens is 340 g/mol. The van der Waals surface area contributed by atoms with Crippen LogP contribution in [0.5, 0.6) is 5.75 Å². The van der Waals surface area contributed by atoms with Crippen LogP contribution in [0.3, 0.4) is 0 Å². The van der Waals surface area contributed by atoms with Crippen molar-refractivity contribution in [3.05, 3.63) is 59.7 Å². The largest absolute Gasteiger partial charge is 0.423 e. The lowest BCUT2D eigenvalue weighted by Gasteiger charge is -2.08. The van der Waals surface area contributed by atoms with Crippen LogP contribution in [0, 0.1) is 0 Å². The van der Waals surface area contributed by atoms with E-state index in [9.17, 15) is 13.2 Å². The SMILES string of the molecule is NS(=O)(=O)c1ccc(C(=O)Oc2cccc(CON(O)O)c2)cc1. The number of carbonyl (C=O) groups is 1. The number of nitrogens with zero attached hydrogens (tertiary/aromatic N) is 1. The molecule has 0 heterocycles. The molecule has 0 spiro atoms. The van der Waals surface area contributed by atoms with Crippen LogP contribution in [0.2, 0.25) is 0 Å². The first kappa shape index (κ1) is 18.0. The predicted octanol–water partition coefficient (Wildman–Crippen LogP) is 1.07. The third-order valence-electron chi connectivity index (χ3n) is 2.87. The molecule has 128 valence electrons. The first-order chi connectivity index (χ1) is 11.3. The van der Waals surface area contributed by atoms with E-state index >= 15 is 0 Å². The molecule has 0 aromatic heterocycles. The van der Waals surface area contributed by atoms with E-state index in [1.54, 1.807) is 12.1 Å². The Bertz CT molecular complexity index is 819. The molecule has 0 fully saturated rings. The fourth-order valence-electron chi connectivity index (χ4n) is 1.78. The van der Waals surface area contributed by atoms with E-state index in [2.05, 4.69) is 4.84 Å². The molecule has 0 aliphatic rings. The Morgan fingerprint density at radius 3 is 2.38 bits per heavy atom. The smallest absolute Gasteiger partial charge is 0.343 e. The number of rotatable bonds is 6. The molecule has 24 heavy (non-hydrogen) atoms. The number of sulfonamides is 1. The summed E-state index contributed by atoms with van der Waals surface area (Å²) in [5, 5.41) is 21.5. The Morgan fingerprint density at radius 1 is 1.12 bits per heavy atom. The Labute approximate surface area is 137 Å². The summed E-state index contributed by atoms with van der Waals surface area (Å²) in [4.78, 5) is 16.4. The number of ether oxygens (including phenoxy) is 1. The first-order valence-electron chi connectivity index (χ1n) is 6.50. The van der Waals surface area contributed by atoms with Crippen LogP contribution in [-0.4, -0.2) is 30.2 Å². The van der Waals surface area contributed by atoms with Gasteiger partial charge in [-0.15, -0.1) is 0 Å². The van der Waals surface area contributed by atoms with E-state index in [1.807, 2.05) is 0 Å². The molecule has 4 N–H and O–H groups in total. The highest BCUT2D eigenvalue weighted by Gasteiger charge is 2.12. The van der Waals surface area contributed by atoms with Gasteiger partial charge in [0.15, 0.2) is 0 Å². The third kappa shape index (κ3) is 5.09. The highest BCUT2D eigenvalue weighted by molar-refractivity contribution is 7.89. The van der Waals surface area contributed by atoms with Crippen molar-refractivity contribution in [2.24, 2.45) is 5.14 Å². The maximum Gasteiger partial charge on any atom is 0.343 e. The van der Waals surface area contributed by atoms with Gasteiger partial charge >= 0.3 is 5.97 Å². The number of esters is 1. The number of nitrogens with two attached hydrogens (primary N) is 1. The lowest BCUT2D eigenvalue weighted by molar-refractivity contribution is -0.497. The molecule has 0 saturated heterocycles. The second-order valence-electron chi connectivity index (χ2n) is 4.63. The minimum absolute atomic E-state index is 0.115. The summed E-state index contributed by atoms with van der Waals surface area (Å²) in [5.74, 6) is -0.487. The molecule has 10 heteroatoms. The normalized spacial score (nSPS) is 11.5. The van der Waals surface area contributed by atoms with Gasteiger partial charge < -0.3 is 4.74 Å². The van der Waals surface area contributed by atoms with Gasteiger partial charge in [0, 0.05) is 0 Å². The number of benzene rings is 2. The van der Waals surface area contributed by atoms with Crippen LogP contribution in [0.25, 0.3) is 0 Å². The number of hydrogen-bond acceptors (Lipinski definition) is 8. The standard InChI is InChI=1S/C14H14N2O7S/c15-24(20,21)13-6-4-11(5-7-13)14(17)23-12-3-1-2-10(8-12)9-22-16(18)19/h1-8,18-19H,9H2,(H2,15,20,21). The molecule has 0 amide bonds. The van der Waals surface area contributed by atoms with Gasteiger partial charge in [-0.25, -0.2) is 23.2 Å². The Hall–Kier alpha value is -2.34. The lowest BCUT2D eigenvalue weighted by atomic mass is 10.2. The molecule has 0 unspecified atom stereocenters. The quantitative estimate of drug-likeness (QED) is 0.397. The van der Waals surface area contributed by atoms with Gasteiger partial charge in [0.25, 0.3) is 0 Å². The van der Waals surface area contributed by atoms with Gasteiger partial charge in [-0.05, 0) is 42.0 Å². The van der Waals surface area contributed by atoms with Crippen molar-refractivity contribution in [1.82, 2.24) is 5.39 Å².